The third-order valence-corrected chi connectivity index (χ3v) is 9.23. The van der Waals surface area contributed by atoms with E-state index in [9.17, 15) is 14.4 Å². The number of aromatic amines is 1. The number of piperidine rings is 1. The number of hydrogen-bond acceptors (Lipinski definition) is 6. The molecule has 0 bridgehead atoms. The Morgan fingerprint density at radius 3 is 2.52 bits per heavy atom. The molecule has 10 heteroatoms. The summed E-state index contributed by atoms with van der Waals surface area (Å²) in [6, 6.07) is 9.54. The molecule has 44 heavy (non-hydrogen) atoms. The molecule has 1 aromatic heterocycles. The number of hydrogen-bond donors (Lipinski definition) is 2. The second-order valence-corrected chi connectivity index (χ2v) is 13.6. The van der Waals surface area contributed by atoms with Crippen LogP contribution in [0.2, 0.25) is 5.02 Å². The number of ketones is 1. The van der Waals surface area contributed by atoms with Gasteiger partial charge >= 0.3 is 0 Å². The first-order chi connectivity index (χ1) is 21.0. The van der Waals surface area contributed by atoms with Gasteiger partial charge in [-0.1, -0.05) is 51.4 Å². The molecule has 3 aromatic rings. The third-order valence-electron chi connectivity index (χ3n) is 8.93. The van der Waals surface area contributed by atoms with E-state index in [0.29, 0.717) is 43.2 Å². The second kappa shape index (κ2) is 13.9. The van der Waals surface area contributed by atoms with Gasteiger partial charge in [0, 0.05) is 62.2 Å². The maximum absolute atomic E-state index is 13.9. The number of likely N-dealkylation sites (tertiary alicyclic amines) is 1. The van der Waals surface area contributed by atoms with Crippen LogP contribution in [0.5, 0.6) is 0 Å². The number of amides is 2. The zero-order valence-electron chi connectivity index (χ0n) is 26.4. The van der Waals surface area contributed by atoms with Gasteiger partial charge in [-0.15, -0.1) is 0 Å². The quantitative estimate of drug-likeness (QED) is 0.324. The Morgan fingerprint density at radius 2 is 1.86 bits per heavy atom. The molecule has 1 unspecified atom stereocenters. The van der Waals surface area contributed by atoms with Crippen LogP contribution in [-0.2, 0) is 27.3 Å². The van der Waals surface area contributed by atoms with Crippen molar-refractivity contribution < 1.29 is 19.2 Å². The fourth-order valence-electron chi connectivity index (χ4n) is 6.66. The Hall–Kier alpha value is -3.72. The van der Waals surface area contributed by atoms with Gasteiger partial charge in [0.05, 0.1) is 22.7 Å². The van der Waals surface area contributed by atoms with Crippen molar-refractivity contribution in [2.75, 3.05) is 32.0 Å². The van der Waals surface area contributed by atoms with Crippen LogP contribution in [0.25, 0.3) is 10.9 Å². The molecule has 0 aliphatic carbocycles. The number of anilines is 1. The van der Waals surface area contributed by atoms with E-state index in [4.69, 9.17) is 16.4 Å². The van der Waals surface area contributed by atoms with Gasteiger partial charge < -0.3 is 19.9 Å². The Labute approximate surface area is 264 Å². The van der Waals surface area contributed by atoms with Gasteiger partial charge in [0.1, 0.15) is 6.79 Å². The molecule has 9 nitrogen and oxygen atoms in total. The molecule has 0 saturated carbocycles. The zero-order valence-corrected chi connectivity index (χ0v) is 27.2. The van der Waals surface area contributed by atoms with Crippen molar-refractivity contribution in [2.24, 2.45) is 23.2 Å². The number of fused-ring (bicyclic) bond motifs is 3. The Kier molecular flexibility index (Phi) is 10.5. The molecule has 0 spiro atoms. The van der Waals surface area contributed by atoms with Crippen molar-refractivity contribution in [3.05, 3.63) is 58.2 Å². The van der Waals surface area contributed by atoms with Crippen LogP contribution in [0.3, 0.4) is 0 Å². The number of nitrogens with zero attached hydrogens (tertiary/aromatic N) is 3. The summed E-state index contributed by atoms with van der Waals surface area (Å²) in [5.74, 6) is -0.234. The maximum atomic E-state index is 13.9. The number of nitrogens with one attached hydrogen (secondary N) is 2. The van der Waals surface area contributed by atoms with Gasteiger partial charge in [0.2, 0.25) is 11.8 Å². The van der Waals surface area contributed by atoms with Crippen molar-refractivity contribution >= 4 is 52.6 Å². The van der Waals surface area contributed by atoms with Gasteiger partial charge in [-0.25, -0.2) is 0 Å². The van der Waals surface area contributed by atoms with Gasteiger partial charge in [0.15, 0.2) is 5.78 Å². The predicted octanol–water partition coefficient (Wildman–Crippen LogP) is 5.77. The molecule has 2 N–H and O–H groups in total. The van der Waals surface area contributed by atoms with E-state index in [0.717, 1.165) is 40.6 Å². The number of halogens is 1. The normalized spacial score (nSPS) is 18.2. The first-order valence-corrected chi connectivity index (χ1v) is 15.6. The minimum atomic E-state index is -0.460. The van der Waals surface area contributed by atoms with E-state index < -0.39 is 5.92 Å². The van der Waals surface area contributed by atoms with Crippen LogP contribution in [0.1, 0.15) is 68.4 Å². The number of carbonyl (C=O) groups excluding carboxylic acids is 4. The van der Waals surface area contributed by atoms with Gasteiger partial charge in [-0.2, -0.15) is 5.10 Å². The van der Waals surface area contributed by atoms with Crippen LogP contribution in [0, 0.1) is 23.2 Å². The molecule has 2 amide bonds. The average molecular weight is 622 g/mol. The topological polar surface area (TPSA) is 115 Å². The fourth-order valence-corrected chi connectivity index (χ4v) is 6.94. The smallest absolute Gasteiger partial charge is 0.226 e. The largest absolute Gasteiger partial charge is 0.388 e. The number of aromatic nitrogens is 2. The zero-order chi connectivity index (χ0) is 32.2. The van der Waals surface area contributed by atoms with Crippen LogP contribution >= 0.6 is 11.6 Å². The molecule has 3 heterocycles. The highest BCUT2D eigenvalue weighted by Gasteiger charge is 2.36. The Balaban J connectivity index is 0.00000216. The van der Waals surface area contributed by atoms with E-state index >= 15 is 0 Å². The Bertz CT molecular complexity index is 1510. The number of rotatable bonds is 7. The van der Waals surface area contributed by atoms with E-state index in [1.165, 1.54) is 0 Å². The SMILES string of the molecule is C=O.CNc1ccccc1C(=O)C(C)C1CCN(C(=O)C[C@@H]2Cc3cc(Cl)c4[nH]ncc4c3CN(CC(C)(C)C)C2=O)CC1. The van der Waals surface area contributed by atoms with Crippen molar-refractivity contribution in [3.8, 4) is 0 Å². The summed E-state index contributed by atoms with van der Waals surface area (Å²) in [6.07, 6.45) is 3.94. The summed E-state index contributed by atoms with van der Waals surface area (Å²) in [5, 5.41) is 11.8. The van der Waals surface area contributed by atoms with Crippen LogP contribution < -0.4 is 5.32 Å². The fraction of sp³-hybridized carbons (Fsp3) is 0.500. The number of benzene rings is 2. The van der Waals surface area contributed by atoms with Crippen molar-refractivity contribution in [1.82, 2.24) is 20.0 Å². The standard InChI is InChI=1S/C33H42ClN5O3.CH2O/c1-20(31(41)24-8-6-7-9-28(24)35-5)21-10-12-38(13-11-21)29(40)16-23-14-22-15-27(34)30-25(17-36-37-30)26(22)18-39(32(23)42)19-33(2,3)4;1-2/h6-9,15,17,20-21,23,35H,10-14,16,18-19H2,1-5H3,(H,36,37);1H2/t20?,23-;/m0./s1. The highest BCUT2D eigenvalue weighted by atomic mass is 35.5. The van der Waals surface area contributed by atoms with Crippen molar-refractivity contribution in [2.45, 2.75) is 59.9 Å². The van der Waals surface area contributed by atoms with Crippen molar-refractivity contribution in [3.63, 3.8) is 0 Å². The van der Waals surface area contributed by atoms with Crippen LogP contribution in [-0.4, -0.2) is 71.1 Å². The predicted molar refractivity (Wildman–Crippen MR) is 174 cm³/mol. The molecule has 1 fully saturated rings. The summed E-state index contributed by atoms with van der Waals surface area (Å²) in [4.78, 5) is 52.7. The lowest BCUT2D eigenvalue weighted by Gasteiger charge is -2.35. The Morgan fingerprint density at radius 1 is 1.18 bits per heavy atom. The second-order valence-electron chi connectivity index (χ2n) is 13.2. The summed E-state index contributed by atoms with van der Waals surface area (Å²) in [6.45, 7) is 12.6. The highest BCUT2D eigenvalue weighted by Crippen LogP contribution is 2.36. The maximum Gasteiger partial charge on any atom is 0.226 e. The molecule has 0 radical (unpaired) electrons. The number of H-pyrrole nitrogens is 1. The first kappa shape index (κ1) is 33.2. The molecule has 2 aliphatic heterocycles. The highest BCUT2D eigenvalue weighted by molar-refractivity contribution is 6.35. The van der Waals surface area contributed by atoms with Crippen LogP contribution in [0.4, 0.5) is 5.69 Å². The summed E-state index contributed by atoms with van der Waals surface area (Å²) in [7, 11) is 1.83. The molecule has 2 aromatic carbocycles. The molecule has 236 valence electrons. The van der Waals surface area contributed by atoms with Gasteiger partial charge in [-0.3, -0.25) is 19.5 Å². The van der Waals surface area contributed by atoms with Crippen LogP contribution in [0.15, 0.2) is 36.5 Å². The van der Waals surface area contributed by atoms with E-state index in [1.54, 1.807) is 6.20 Å². The number of Topliss-reactive ketones (excluding diaryl/α,β-unsaturated/α-hetero) is 1. The summed E-state index contributed by atoms with van der Waals surface area (Å²) < 4.78 is 0. The number of para-hydroxylation sites is 1. The molecular formula is C34H44ClN5O4. The van der Waals surface area contributed by atoms with Gasteiger partial charge in [-0.05, 0) is 59.9 Å². The van der Waals surface area contributed by atoms with Crippen molar-refractivity contribution in [1.29, 1.82) is 0 Å². The molecule has 2 aliphatic rings. The van der Waals surface area contributed by atoms with E-state index in [2.05, 4.69) is 36.3 Å². The van der Waals surface area contributed by atoms with E-state index in [-0.39, 0.29) is 41.3 Å². The number of carbonyl (C=O) groups is 4. The lowest BCUT2D eigenvalue weighted by Crippen LogP contribution is -2.44. The molecular weight excluding hydrogens is 578 g/mol. The molecule has 1 saturated heterocycles. The summed E-state index contributed by atoms with van der Waals surface area (Å²) >= 11 is 6.59. The monoisotopic (exact) mass is 621 g/mol. The third kappa shape index (κ3) is 7.15. The first-order valence-electron chi connectivity index (χ1n) is 15.3. The van der Waals surface area contributed by atoms with E-state index in [1.807, 2.05) is 60.9 Å². The minimum Gasteiger partial charge on any atom is -0.388 e. The molecule has 2 atom stereocenters. The lowest BCUT2D eigenvalue weighted by molar-refractivity contribution is -0.142. The molecule has 5 rings (SSSR count). The lowest BCUT2D eigenvalue weighted by atomic mass is 9.80. The average Bonchev–Trinajstić information content (AvgIpc) is 3.48. The minimum absolute atomic E-state index is 0.000882. The van der Waals surface area contributed by atoms with Gasteiger partial charge in [0.25, 0.3) is 0 Å². The summed E-state index contributed by atoms with van der Waals surface area (Å²) in [5.41, 5.74) is 4.29.